The second-order valence-electron chi connectivity index (χ2n) is 10.1. The maximum atomic E-state index is 13.5. The van der Waals surface area contributed by atoms with Gasteiger partial charge in [0.25, 0.3) is 0 Å². The Morgan fingerprint density at radius 2 is 1.45 bits per heavy atom. The van der Waals surface area contributed by atoms with Gasteiger partial charge in [-0.3, -0.25) is 29.0 Å². The van der Waals surface area contributed by atoms with Gasteiger partial charge in [0.05, 0.1) is 6.04 Å². The molecular formula is C27H39N9O8. The van der Waals surface area contributed by atoms with Crippen molar-refractivity contribution in [2.24, 2.45) is 27.9 Å². The van der Waals surface area contributed by atoms with Gasteiger partial charge in [-0.1, -0.05) is 18.2 Å². The van der Waals surface area contributed by atoms with Gasteiger partial charge in [0.2, 0.25) is 23.6 Å². The molecule has 2 rings (SSSR count). The van der Waals surface area contributed by atoms with Crippen LogP contribution in [0.1, 0.15) is 44.1 Å². The number of nitrogens with two attached hydrogens (primary N) is 4. The number of hydrogen-bond donors (Lipinski definition) is 10. The number of nitrogens with one attached hydrogen (secondary N) is 4. The first-order valence-corrected chi connectivity index (χ1v) is 13.8. The van der Waals surface area contributed by atoms with Crippen molar-refractivity contribution in [3.05, 3.63) is 36.0 Å². The number of hydrogen-bond acceptors (Lipinski definition) is 8. The second kappa shape index (κ2) is 17.1. The summed E-state index contributed by atoms with van der Waals surface area (Å²) in [6.07, 6.45) is 0.683. The largest absolute Gasteiger partial charge is 0.481 e. The Labute approximate surface area is 252 Å². The van der Waals surface area contributed by atoms with Crippen molar-refractivity contribution < 1.29 is 39.0 Å². The van der Waals surface area contributed by atoms with Crippen LogP contribution >= 0.6 is 0 Å². The summed E-state index contributed by atoms with van der Waals surface area (Å²) in [6.45, 7) is 0.118. The number of carbonyl (C=O) groups is 6. The van der Waals surface area contributed by atoms with E-state index in [1.807, 2.05) is 12.1 Å². The lowest BCUT2D eigenvalue weighted by Crippen LogP contribution is -2.57. The summed E-state index contributed by atoms with van der Waals surface area (Å²) >= 11 is 0. The molecule has 17 nitrogen and oxygen atoms in total. The number of rotatable bonds is 19. The number of nitrogens with zero attached hydrogens (tertiary/aromatic N) is 1. The molecule has 0 aliphatic carbocycles. The molecule has 44 heavy (non-hydrogen) atoms. The molecule has 0 saturated heterocycles. The van der Waals surface area contributed by atoms with Gasteiger partial charge in [0.1, 0.15) is 18.1 Å². The summed E-state index contributed by atoms with van der Waals surface area (Å²) in [6, 6.07) is 1.94. The SMILES string of the molecule is NC(=O)CCC(NC(=O)C(Cc1c[nH]c2ccccc12)NC(=O)C(CCCN=C(N)N)NC(=O)C(N)CCC(=O)O)C(=O)O. The molecule has 1 aromatic heterocycles. The Kier molecular flexibility index (Phi) is 13.6. The normalized spacial score (nSPS) is 13.6. The van der Waals surface area contributed by atoms with Crippen LogP contribution in [0.2, 0.25) is 0 Å². The van der Waals surface area contributed by atoms with Crippen molar-refractivity contribution in [1.29, 1.82) is 0 Å². The van der Waals surface area contributed by atoms with Gasteiger partial charge in [-0.05, 0) is 37.3 Å². The van der Waals surface area contributed by atoms with Crippen LogP contribution in [0.25, 0.3) is 10.9 Å². The highest BCUT2D eigenvalue weighted by atomic mass is 16.4. The smallest absolute Gasteiger partial charge is 0.326 e. The van der Waals surface area contributed by atoms with Crippen LogP contribution in [-0.2, 0) is 35.2 Å². The maximum Gasteiger partial charge on any atom is 0.326 e. The Hall–Kier alpha value is -5.19. The quantitative estimate of drug-likeness (QED) is 0.0456. The Balaban J connectivity index is 2.33. The number of primary amides is 1. The Morgan fingerprint density at radius 3 is 2.09 bits per heavy atom. The molecule has 17 heteroatoms. The summed E-state index contributed by atoms with van der Waals surface area (Å²) in [4.78, 5) is 80.5. The zero-order chi connectivity index (χ0) is 32.8. The van der Waals surface area contributed by atoms with E-state index in [1.165, 1.54) is 0 Å². The second-order valence-corrected chi connectivity index (χ2v) is 10.1. The minimum atomic E-state index is -1.47. The molecule has 1 heterocycles. The first-order valence-electron chi connectivity index (χ1n) is 13.8. The highest BCUT2D eigenvalue weighted by Crippen LogP contribution is 2.19. The molecule has 2 aromatic rings. The number of aromatic amines is 1. The van der Waals surface area contributed by atoms with Crippen LogP contribution in [0.4, 0.5) is 0 Å². The lowest BCUT2D eigenvalue weighted by Gasteiger charge is -2.25. The van der Waals surface area contributed by atoms with Crippen molar-refractivity contribution in [2.75, 3.05) is 6.54 Å². The molecule has 0 bridgehead atoms. The van der Waals surface area contributed by atoms with Crippen molar-refractivity contribution in [1.82, 2.24) is 20.9 Å². The minimum absolute atomic E-state index is 0.0117. The first kappa shape index (κ1) is 35.0. The zero-order valence-corrected chi connectivity index (χ0v) is 24.0. The van der Waals surface area contributed by atoms with Gasteiger partial charge in [-0.25, -0.2) is 4.79 Å². The van der Waals surface area contributed by atoms with Crippen LogP contribution in [0.5, 0.6) is 0 Å². The monoisotopic (exact) mass is 617 g/mol. The van der Waals surface area contributed by atoms with E-state index in [9.17, 15) is 33.9 Å². The molecule has 0 saturated carbocycles. The number of fused-ring (bicyclic) bond motifs is 1. The molecule has 240 valence electrons. The number of para-hydroxylation sites is 1. The Bertz CT molecular complexity index is 1370. The van der Waals surface area contributed by atoms with Gasteiger partial charge in [0, 0.05) is 42.9 Å². The molecule has 0 fully saturated rings. The fraction of sp³-hybridized carbons (Fsp3) is 0.444. The van der Waals surface area contributed by atoms with Crippen molar-refractivity contribution in [2.45, 2.75) is 69.1 Å². The zero-order valence-electron chi connectivity index (χ0n) is 24.0. The number of aliphatic imine (C=N–C) groups is 1. The number of guanidine groups is 1. The van der Waals surface area contributed by atoms with E-state index in [4.69, 9.17) is 28.0 Å². The highest BCUT2D eigenvalue weighted by Gasteiger charge is 2.31. The number of H-pyrrole nitrogens is 1. The Morgan fingerprint density at radius 1 is 0.818 bits per heavy atom. The van der Waals surface area contributed by atoms with Gasteiger partial charge < -0.3 is 54.1 Å². The molecule has 0 spiro atoms. The molecule has 4 unspecified atom stereocenters. The van der Waals surface area contributed by atoms with E-state index in [-0.39, 0.29) is 57.5 Å². The molecule has 1 aromatic carbocycles. The molecule has 14 N–H and O–H groups in total. The third kappa shape index (κ3) is 11.6. The molecular weight excluding hydrogens is 578 g/mol. The van der Waals surface area contributed by atoms with Crippen molar-refractivity contribution in [3.63, 3.8) is 0 Å². The number of carboxylic acid groups (broad SMARTS) is 2. The predicted octanol–water partition coefficient (Wildman–Crippen LogP) is -2.24. The van der Waals surface area contributed by atoms with Crippen molar-refractivity contribution >= 4 is 52.4 Å². The summed E-state index contributed by atoms with van der Waals surface area (Å²) in [5.41, 5.74) is 23.0. The van der Waals surface area contributed by atoms with Gasteiger partial charge >= 0.3 is 11.9 Å². The average Bonchev–Trinajstić information content (AvgIpc) is 3.37. The minimum Gasteiger partial charge on any atom is -0.481 e. The van der Waals surface area contributed by atoms with Gasteiger partial charge in [0.15, 0.2) is 5.96 Å². The van der Waals surface area contributed by atoms with Crippen LogP contribution in [0, 0.1) is 0 Å². The van der Waals surface area contributed by atoms with Gasteiger partial charge in [-0.2, -0.15) is 0 Å². The van der Waals surface area contributed by atoms with E-state index in [0.717, 1.165) is 10.9 Å². The molecule has 0 aliphatic heterocycles. The number of aliphatic carboxylic acids is 2. The van der Waals surface area contributed by atoms with E-state index in [0.29, 0.717) is 5.56 Å². The summed E-state index contributed by atoms with van der Waals surface area (Å²) in [7, 11) is 0. The molecule has 0 aliphatic rings. The van der Waals surface area contributed by atoms with Crippen LogP contribution < -0.4 is 38.9 Å². The van der Waals surface area contributed by atoms with E-state index >= 15 is 0 Å². The van der Waals surface area contributed by atoms with Crippen LogP contribution in [-0.4, -0.2) is 87.4 Å². The number of carboxylic acids is 2. The summed E-state index contributed by atoms with van der Waals surface area (Å²) < 4.78 is 0. The third-order valence-corrected chi connectivity index (χ3v) is 6.61. The average molecular weight is 618 g/mol. The number of benzene rings is 1. The maximum absolute atomic E-state index is 13.5. The molecule has 4 amide bonds. The predicted molar refractivity (Wildman–Crippen MR) is 159 cm³/mol. The lowest BCUT2D eigenvalue weighted by atomic mass is 10.0. The fourth-order valence-electron chi connectivity index (χ4n) is 4.28. The number of amides is 4. The summed E-state index contributed by atoms with van der Waals surface area (Å²) in [5, 5.41) is 26.7. The number of carbonyl (C=O) groups excluding carboxylic acids is 4. The van der Waals surface area contributed by atoms with E-state index in [1.54, 1.807) is 18.3 Å². The standard InChI is InChI=1S/C27H39N9O8/c28-16(7-10-22(38)39)23(40)34-18(6-3-11-32-27(30)31)24(41)36-20(12-14-13-33-17-5-2-1-4-15(14)17)25(42)35-19(26(43)44)8-9-21(29)37/h1-2,4-5,13,16,18-20,33H,3,6-12,28H2,(H2,29,37)(H,34,40)(H,35,42)(H,36,41)(H,38,39)(H,43,44)(H4,30,31,32). The summed E-state index contributed by atoms with van der Waals surface area (Å²) in [5.74, 6) is -5.93. The number of aromatic nitrogens is 1. The molecule has 0 radical (unpaired) electrons. The lowest BCUT2D eigenvalue weighted by molar-refractivity contribution is -0.142. The van der Waals surface area contributed by atoms with E-state index < -0.39 is 59.7 Å². The first-order chi connectivity index (χ1) is 20.8. The van der Waals surface area contributed by atoms with Crippen molar-refractivity contribution in [3.8, 4) is 0 Å². The van der Waals surface area contributed by atoms with E-state index in [2.05, 4.69) is 25.9 Å². The van der Waals surface area contributed by atoms with Crippen LogP contribution in [0.15, 0.2) is 35.5 Å². The fourth-order valence-corrected chi connectivity index (χ4v) is 4.28. The van der Waals surface area contributed by atoms with Gasteiger partial charge in [-0.15, -0.1) is 0 Å². The highest BCUT2D eigenvalue weighted by molar-refractivity contribution is 5.95. The third-order valence-electron chi connectivity index (χ3n) is 6.61. The topological polar surface area (TPSA) is 311 Å². The molecule has 4 atom stereocenters. The van der Waals surface area contributed by atoms with Crippen LogP contribution in [0.3, 0.4) is 0 Å².